The summed E-state index contributed by atoms with van der Waals surface area (Å²) < 4.78 is 7.65. The molecule has 5 heteroatoms. The first-order chi connectivity index (χ1) is 9.24. The lowest BCUT2D eigenvalue weighted by molar-refractivity contribution is -0.135. The molecule has 1 fully saturated rings. The fourth-order valence-corrected chi connectivity index (χ4v) is 2.41. The minimum Gasteiger partial charge on any atom is -0.368 e. The Morgan fingerprint density at radius 2 is 2.37 bits per heavy atom. The summed E-state index contributed by atoms with van der Waals surface area (Å²) in [4.78, 5) is 18.8. The van der Waals surface area contributed by atoms with Crippen LogP contribution in [0.1, 0.15) is 26.1 Å². The number of aryl methyl sites for hydroxylation is 1. The molecule has 0 amide bonds. The molecule has 1 aliphatic heterocycles. The summed E-state index contributed by atoms with van der Waals surface area (Å²) in [5.74, 6) is 0.991. The fourth-order valence-electron chi connectivity index (χ4n) is 2.41. The van der Waals surface area contributed by atoms with E-state index < -0.39 is 0 Å². The second-order valence-electron chi connectivity index (χ2n) is 4.93. The fraction of sp³-hybridized carbons (Fsp3) is 0.714. The maximum absolute atomic E-state index is 12.3. The van der Waals surface area contributed by atoms with Crippen LogP contribution in [0.5, 0.6) is 0 Å². The normalized spacial score (nSPS) is 20.6. The second kappa shape index (κ2) is 6.82. The minimum absolute atomic E-state index is 0.140. The van der Waals surface area contributed by atoms with E-state index in [-0.39, 0.29) is 11.9 Å². The van der Waals surface area contributed by atoms with Crippen molar-refractivity contribution in [2.75, 3.05) is 26.2 Å². The van der Waals surface area contributed by atoms with Crippen LogP contribution in [0, 0.1) is 0 Å². The van der Waals surface area contributed by atoms with Gasteiger partial charge < -0.3 is 9.30 Å². The Bertz CT molecular complexity index is 417. The van der Waals surface area contributed by atoms with Gasteiger partial charge in [-0.15, -0.1) is 0 Å². The number of aromatic nitrogens is 2. The maximum atomic E-state index is 12.3. The third-order valence-electron chi connectivity index (χ3n) is 3.56. The van der Waals surface area contributed by atoms with Gasteiger partial charge in [0.1, 0.15) is 11.9 Å². The van der Waals surface area contributed by atoms with Crippen LogP contribution < -0.4 is 0 Å². The molecule has 1 aromatic rings. The largest absolute Gasteiger partial charge is 0.368 e. The van der Waals surface area contributed by atoms with Crippen LogP contribution in [-0.2, 0) is 22.5 Å². The predicted octanol–water partition coefficient (Wildman–Crippen LogP) is 1.13. The molecule has 0 spiro atoms. The van der Waals surface area contributed by atoms with E-state index in [0.717, 1.165) is 31.9 Å². The molecule has 0 aromatic carbocycles. The second-order valence-corrected chi connectivity index (χ2v) is 4.93. The molecule has 0 N–H and O–H groups in total. The summed E-state index contributed by atoms with van der Waals surface area (Å²) in [7, 11) is 0. The third kappa shape index (κ3) is 3.64. The molecule has 0 bridgehead atoms. The van der Waals surface area contributed by atoms with E-state index in [1.54, 1.807) is 6.20 Å². The van der Waals surface area contributed by atoms with Gasteiger partial charge in [0.15, 0.2) is 5.78 Å². The standard InChI is InChI=1S/C14H23N3O2/c1-3-6-17-7-5-15-14(17)10-12(18)13-11-16(4-2)8-9-19-13/h5,7,13H,3-4,6,8-11H2,1-2H3. The van der Waals surface area contributed by atoms with Crippen LogP contribution in [-0.4, -0.2) is 52.6 Å². The van der Waals surface area contributed by atoms with Crippen LogP contribution in [0.2, 0.25) is 0 Å². The molecule has 1 aliphatic rings. The number of ether oxygens (including phenoxy) is 1. The van der Waals surface area contributed by atoms with Gasteiger partial charge in [0.2, 0.25) is 0 Å². The molecule has 0 aliphatic carbocycles. The molecule has 1 unspecified atom stereocenters. The van der Waals surface area contributed by atoms with Crippen LogP contribution in [0.4, 0.5) is 0 Å². The Morgan fingerprint density at radius 3 is 3.11 bits per heavy atom. The quantitative estimate of drug-likeness (QED) is 0.773. The SMILES string of the molecule is CCCn1ccnc1CC(=O)C1CN(CC)CCO1. The zero-order valence-electron chi connectivity index (χ0n) is 11.8. The van der Waals surface area contributed by atoms with Gasteiger partial charge in [0.25, 0.3) is 0 Å². The molecule has 19 heavy (non-hydrogen) atoms. The van der Waals surface area contributed by atoms with E-state index >= 15 is 0 Å². The number of Topliss-reactive ketones (excluding diaryl/α,β-unsaturated/α-hetero) is 1. The summed E-state index contributed by atoms with van der Waals surface area (Å²) in [6, 6.07) is 0. The number of hydrogen-bond acceptors (Lipinski definition) is 4. The Kier molecular flexibility index (Phi) is 5.10. The molecule has 106 valence electrons. The summed E-state index contributed by atoms with van der Waals surface area (Å²) in [5.41, 5.74) is 0. The molecule has 0 saturated carbocycles. The monoisotopic (exact) mass is 265 g/mol. The first-order valence-corrected chi connectivity index (χ1v) is 7.11. The van der Waals surface area contributed by atoms with Crippen LogP contribution in [0.15, 0.2) is 12.4 Å². The van der Waals surface area contributed by atoms with Crippen LogP contribution in [0.25, 0.3) is 0 Å². The summed E-state index contributed by atoms with van der Waals surface area (Å²) in [5, 5.41) is 0. The molecule has 2 heterocycles. The lowest BCUT2D eigenvalue weighted by Gasteiger charge is -2.31. The number of nitrogens with zero attached hydrogens (tertiary/aromatic N) is 3. The lowest BCUT2D eigenvalue weighted by atomic mass is 10.1. The highest BCUT2D eigenvalue weighted by Crippen LogP contribution is 2.09. The van der Waals surface area contributed by atoms with Gasteiger partial charge in [-0.05, 0) is 13.0 Å². The van der Waals surface area contributed by atoms with Crippen molar-refractivity contribution in [1.29, 1.82) is 0 Å². The molecular weight excluding hydrogens is 242 g/mol. The highest BCUT2D eigenvalue weighted by molar-refractivity contribution is 5.85. The highest BCUT2D eigenvalue weighted by Gasteiger charge is 2.26. The predicted molar refractivity (Wildman–Crippen MR) is 73.1 cm³/mol. The van der Waals surface area contributed by atoms with Gasteiger partial charge in [0, 0.05) is 32.0 Å². The number of rotatable bonds is 6. The van der Waals surface area contributed by atoms with E-state index in [1.807, 2.05) is 6.20 Å². The van der Waals surface area contributed by atoms with Crippen molar-refractivity contribution in [2.24, 2.45) is 0 Å². The van der Waals surface area contributed by atoms with Crippen molar-refractivity contribution >= 4 is 5.78 Å². The third-order valence-corrected chi connectivity index (χ3v) is 3.56. The highest BCUT2D eigenvalue weighted by atomic mass is 16.5. The first-order valence-electron chi connectivity index (χ1n) is 7.11. The number of imidazole rings is 1. The smallest absolute Gasteiger partial charge is 0.170 e. The van der Waals surface area contributed by atoms with Gasteiger partial charge in [-0.2, -0.15) is 0 Å². The van der Waals surface area contributed by atoms with Gasteiger partial charge in [-0.25, -0.2) is 4.98 Å². The van der Waals surface area contributed by atoms with Crippen molar-refractivity contribution in [3.63, 3.8) is 0 Å². The van der Waals surface area contributed by atoms with E-state index in [1.165, 1.54) is 0 Å². The molecule has 1 atom stereocenters. The topological polar surface area (TPSA) is 47.4 Å². The Hall–Kier alpha value is -1.20. The van der Waals surface area contributed by atoms with E-state index in [0.29, 0.717) is 19.6 Å². The number of hydrogen-bond donors (Lipinski definition) is 0. The van der Waals surface area contributed by atoms with Gasteiger partial charge in [-0.3, -0.25) is 9.69 Å². The summed E-state index contributed by atoms with van der Waals surface area (Å²) in [6.07, 6.45) is 4.82. The zero-order chi connectivity index (χ0) is 13.7. The van der Waals surface area contributed by atoms with E-state index in [2.05, 4.69) is 28.3 Å². The van der Waals surface area contributed by atoms with E-state index in [9.17, 15) is 4.79 Å². The molecular formula is C14H23N3O2. The average Bonchev–Trinajstić information content (AvgIpc) is 2.86. The van der Waals surface area contributed by atoms with Gasteiger partial charge in [-0.1, -0.05) is 13.8 Å². The van der Waals surface area contributed by atoms with Crippen LogP contribution >= 0.6 is 0 Å². The number of likely N-dealkylation sites (N-methyl/N-ethyl adjacent to an activating group) is 1. The molecule has 2 rings (SSSR count). The van der Waals surface area contributed by atoms with E-state index in [4.69, 9.17) is 4.74 Å². The Balaban J connectivity index is 1.94. The zero-order valence-corrected chi connectivity index (χ0v) is 11.8. The average molecular weight is 265 g/mol. The first kappa shape index (κ1) is 14.2. The van der Waals surface area contributed by atoms with Gasteiger partial charge >= 0.3 is 0 Å². The van der Waals surface area contributed by atoms with Crippen molar-refractivity contribution in [3.05, 3.63) is 18.2 Å². The Labute approximate surface area is 114 Å². The Morgan fingerprint density at radius 1 is 1.53 bits per heavy atom. The number of carbonyl (C=O) groups excluding carboxylic acids is 1. The number of ketones is 1. The minimum atomic E-state index is -0.291. The van der Waals surface area contributed by atoms with Crippen molar-refractivity contribution < 1.29 is 9.53 Å². The summed E-state index contributed by atoms with van der Waals surface area (Å²) >= 11 is 0. The summed E-state index contributed by atoms with van der Waals surface area (Å²) in [6.45, 7) is 8.39. The molecule has 5 nitrogen and oxygen atoms in total. The maximum Gasteiger partial charge on any atom is 0.170 e. The van der Waals surface area contributed by atoms with Crippen LogP contribution in [0.3, 0.4) is 0 Å². The lowest BCUT2D eigenvalue weighted by Crippen LogP contribution is -2.46. The number of carbonyl (C=O) groups is 1. The molecule has 1 aromatic heterocycles. The molecule has 0 radical (unpaired) electrons. The van der Waals surface area contributed by atoms with Gasteiger partial charge in [0.05, 0.1) is 13.0 Å². The van der Waals surface area contributed by atoms with Crippen molar-refractivity contribution in [1.82, 2.24) is 14.5 Å². The number of morpholine rings is 1. The van der Waals surface area contributed by atoms with Crippen molar-refractivity contribution in [3.8, 4) is 0 Å². The molecule has 1 saturated heterocycles. The van der Waals surface area contributed by atoms with Crippen molar-refractivity contribution in [2.45, 2.75) is 39.3 Å².